The van der Waals surface area contributed by atoms with Crippen molar-refractivity contribution in [3.63, 3.8) is 0 Å². The van der Waals surface area contributed by atoms with Gasteiger partial charge in [0, 0.05) is 21.2 Å². The molecule has 1 N–H and O–H groups in total. The largest absolute Gasteiger partial charge is 0.365 e. The molecule has 1 aliphatic heterocycles. The maximum atomic E-state index is 11.0. The summed E-state index contributed by atoms with van der Waals surface area (Å²) < 4.78 is 0. The highest BCUT2D eigenvalue weighted by Gasteiger charge is 2.50. The van der Waals surface area contributed by atoms with Crippen molar-refractivity contribution < 1.29 is 5.11 Å². The van der Waals surface area contributed by atoms with Crippen molar-refractivity contribution in [1.82, 2.24) is 0 Å². The molecule has 2 aromatic rings. The maximum absolute atomic E-state index is 11.0. The van der Waals surface area contributed by atoms with Gasteiger partial charge in [-0.15, -0.1) is 17.0 Å². The molecule has 6 heteroatoms. The molecule has 0 aromatic heterocycles. The minimum Gasteiger partial charge on any atom is -0.365 e. The molecular formula is C16H12BrCl2NOS. The van der Waals surface area contributed by atoms with Crippen molar-refractivity contribution in [2.75, 3.05) is 0 Å². The van der Waals surface area contributed by atoms with Gasteiger partial charge in [0.15, 0.2) is 5.72 Å². The van der Waals surface area contributed by atoms with Crippen LogP contribution in [0.15, 0.2) is 47.5 Å². The number of aliphatic imine (C=N–C) groups is 1. The molecule has 114 valence electrons. The topological polar surface area (TPSA) is 32.6 Å². The summed E-state index contributed by atoms with van der Waals surface area (Å²) in [5, 5.41) is 13.2. The quantitative estimate of drug-likeness (QED) is 0.721. The Hall–Kier alpha value is -0.520. The molecule has 0 bridgehead atoms. The summed E-state index contributed by atoms with van der Waals surface area (Å²) in [7, 11) is 0. The zero-order chi connectivity index (χ0) is 14.6. The van der Waals surface area contributed by atoms with E-state index in [9.17, 15) is 5.11 Å². The second kappa shape index (κ2) is 5.84. The van der Waals surface area contributed by atoms with Crippen LogP contribution in [0.2, 0.25) is 10.0 Å². The minimum absolute atomic E-state index is 0. The van der Waals surface area contributed by atoms with Crippen LogP contribution in [-0.2, 0) is 12.1 Å². The van der Waals surface area contributed by atoms with Gasteiger partial charge in [-0.25, -0.2) is 4.99 Å². The van der Waals surface area contributed by atoms with E-state index >= 15 is 0 Å². The zero-order valence-electron chi connectivity index (χ0n) is 11.3. The summed E-state index contributed by atoms with van der Waals surface area (Å²) in [6.45, 7) is 0. The molecule has 22 heavy (non-hydrogen) atoms. The molecule has 0 saturated carbocycles. The van der Waals surface area contributed by atoms with E-state index in [1.54, 1.807) is 17.8 Å². The normalized spacial score (nSPS) is 25.2. The summed E-state index contributed by atoms with van der Waals surface area (Å²) >= 11 is 13.7. The van der Waals surface area contributed by atoms with E-state index in [-0.39, 0.29) is 22.2 Å². The first-order valence-corrected chi connectivity index (χ1v) is 8.23. The van der Waals surface area contributed by atoms with Crippen molar-refractivity contribution >= 4 is 57.0 Å². The number of hydrogen-bond acceptors (Lipinski definition) is 3. The van der Waals surface area contributed by atoms with Crippen molar-refractivity contribution in [3.8, 4) is 0 Å². The lowest BCUT2D eigenvalue weighted by Gasteiger charge is -2.19. The molecular weight excluding hydrogens is 405 g/mol. The number of nitrogens with zero attached hydrogens (tertiary/aromatic N) is 1. The fourth-order valence-electron chi connectivity index (χ4n) is 2.93. The van der Waals surface area contributed by atoms with Crippen LogP contribution in [0.3, 0.4) is 0 Å². The Balaban J connectivity index is 0.00000144. The van der Waals surface area contributed by atoms with Crippen LogP contribution in [0.25, 0.3) is 0 Å². The van der Waals surface area contributed by atoms with E-state index in [1.165, 1.54) is 0 Å². The second-order valence-corrected chi connectivity index (χ2v) is 7.33. The lowest BCUT2D eigenvalue weighted by molar-refractivity contribution is 0.0581. The van der Waals surface area contributed by atoms with Gasteiger partial charge in [0.05, 0.1) is 5.25 Å². The fraction of sp³-hybridized carbons (Fsp3) is 0.188. The standard InChI is InChI=1S/C16H11Cl2NOS.BrH/c17-11-3-1-2-9(6-11)15-19-16(20)13-5-4-12(18)7-10(13)8-14(16)21-15;/h1-7,14,20H,8H2;1H. The van der Waals surface area contributed by atoms with Crippen LogP contribution in [0.4, 0.5) is 0 Å². The van der Waals surface area contributed by atoms with Crippen LogP contribution < -0.4 is 0 Å². The SMILES string of the molecule is Br.OC12N=C(c3cccc(Cl)c3)SC1Cc1cc(Cl)ccc12. The highest BCUT2D eigenvalue weighted by atomic mass is 79.9. The number of fused-ring (bicyclic) bond motifs is 3. The number of aliphatic hydroxyl groups is 1. The molecule has 2 atom stereocenters. The highest BCUT2D eigenvalue weighted by Crippen LogP contribution is 2.50. The molecule has 1 aliphatic carbocycles. The zero-order valence-corrected chi connectivity index (χ0v) is 15.3. The Bertz CT molecular complexity index is 782. The van der Waals surface area contributed by atoms with E-state index in [4.69, 9.17) is 23.2 Å². The predicted molar refractivity (Wildman–Crippen MR) is 98.7 cm³/mol. The van der Waals surface area contributed by atoms with E-state index in [0.29, 0.717) is 10.0 Å². The van der Waals surface area contributed by atoms with Gasteiger partial charge in [-0.3, -0.25) is 0 Å². The summed E-state index contributed by atoms with van der Waals surface area (Å²) in [5.74, 6) is 0. The molecule has 0 saturated heterocycles. The first kappa shape index (κ1) is 16.3. The van der Waals surface area contributed by atoms with Crippen molar-refractivity contribution in [2.24, 2.45) is 4.99 Å². The van der Waals surface area contributed by atoms with Gasteiger partial charge < -0.3 is 5.11 Å². The van der Waals surface area contributed by atoms with Crippen molar-refractivity contribution in [1.29, 1.82) is 0 Å². The highest BCUT2D eigenvalue weighted by molar-refractivity contribution is 8.93. The molecule has 2 aromatic carbocycles. The average molecular weight is 417 g/mol. The van der Waals surface area contributed by atoms with Gasteiger partial charge in [0.25, 0.3) is 0 Å². The number of halogens is 3. The van der Waals surface area contributed by atoms with Crippen LogP contribution in [0.1, 0.15) is 16.7 Å². The molecule has 0 amide bonds. The number of thioether (sulfide) groups is 1. The number of hydrogen-bond donors (Lipinski definition) is 1. The van der Waals surface area contributed by atoms with E-state index in [0.717, 1.165) is 28.2 Å². The first-order chi connectivity index (χ1) is 10.1. The van der Waals surface area contributed by atoms with E-state index in [2.05, 4.69) is 4.99 Å². The Morgan fingerprint density at radius 2 is 1.91 bits per heavy atom. The minimum atomic E-state index is -1.15. The van der Waals surface area contributed by atoms with E-state index < -0.39 is 5.72 Å². The third-order valence-corrected chi connectivity index (χ3v) is 5.72. The van der Waals surface area contributed by atoms with Crippen molar-refractivity contribution in [2.45, 2.75) is 17.4 Å². The average Bonchev–Trinajstić information content (AvgIpc) is 2.89. The van der Waals surface area contributed by atoms with Gasteiger partial charge in [-0.05, 0) is 36.2 Å². The molecule has 1 heterocycles. The summed E-state index contributed by atoms with van der Waals surface area (Å²) in [6.07, 6.45) is 0.768. The lowest BCUT2D eigenvalue weighted by atomic mass is 10.1. The predicted octanol–water partition coefficient (Wildman–Crippen LogP) is 4.83. The smallest absolute Gasteiger partial charge is 0.196 e. The molecule has 0 fully saturated rings. The summed E-state index contributed by atoms with van der Waals surface area (Å²) in [6, 6.07) is 13.2. The van der Waals surface area contributed by atoms with Gasteiger partial charge >= 0.3 is 0 Å². The van der Waals surface area contributed by atoms with Crippen LogP contribution in [0, 0.1) is 0 Å². The summed E-state index contributed by atoms with van der Waals surface area (Å²) in [4.78, 5) is 4.60. The molecule has 2 aliphatic rings. The lowest BCUT2D eigenvalue weighted by Crippen LogP contribution is -2.27. The monoisotopic (exact) mass is 415 g/mol. The Morgan fingerprint density at radius 3 is 2.68 bits per heavy atom. The Morgan fingerprint density at radius 1 is 1.14 bits per heavy atom. The van der Waals surface area contributed by atoms with Gasteiger partial charge in [-0.1, -0.05) is 53.2 Å². The molecule has 0 radical (unpaired) electrons. The molecule has 0 spiro atoms. The second-order valence-electron chi connectivity index (χ2n) is 5.27. The number of benzene rings is 2. The molecule has 2 nitrogen and oxygen atoms in total. The van der Waals surface area contributed by atoms with Gasteiger partial charge in [0.2, 0.25) is 0 Å². The Labute approximate surface area is 153 Å². The van der Waals surface area contributed by atoms with Gasteiger partial charge in [-0.2, -0.15) is 0 Å². The molecule has 4 rings (SSSR count). The van der Waals surface area contributed by atoms with E-state index in [1.807, 2.05) is 36.4 Å². The fourth-order valence-corrected chi connectivity index (χ4v) is 4.65. The first-order valence-electron chi connectivity index (χ1n) is 6.60. The van der Waals surface area contributed by atoms with Gasteiger partial charge in [0.1, 0.15) is 5.04 Å². The Kier molecular flexibility index (Phi) is 4.34. The van der Waals surface area contributed by atoms with Crippen LogP contribution in [-0.4, -0.2) is 15.4 Å². The van der Waals surface area contributed by atoms with Crippen LogP contribution >= 0.6 is 51.9 Å². The third-order valence-electron chi connectivity index (χ3n) is 3.92. The maximum Gasteiger partial charge on any atom is 0.196 e. The number of rotatable bonds is 1. The molecule has 2 unspecified atom stereocenters. The van der Waals surface area contributed by atoms with Crippen molar-refractivity contribution in [3.05, 3.63) is 69.2 Å². The summed E-state index contributed by atoms with van der Waals surface area (Å²) in [5.41, 5.74) is 1.74. The third kappa shape index (κ3) is 2.51. The van der Waals surface area contributed by atoms with Crippen LogP contribution in [0.5, 0.6) is 0 Å².